The molecule has 190 valence electrons. The van der Waals surface area contributed by atoms with Crippen LogP contribution < -0.4 is 0 Å². The van der Waals surface area contributed by atoms with E-state index in [4.69, 9.17) is 0 Å². The number of hydrogen-bond acceptors (Lipinski definition) is 0. The zero-order chi connectivity index (χ0) is 27.1. The Bertz CT molecular complexity index is 1860. The molecule has 0 N–H and O–H groups in total. The molecule has 40 heavy (non-hydrogen) atoms. The van der Waals surface area contributed by atoms with Gasteiger partial charge in [-0.3, -0.25) is 0 Å². The van der Waals surface area contributed by atoms with Crippen molar-refractivity contribution in [3.05, 3.63) is 155 Å². The van der Waals surface area contributed by atoms with Crippen molar-refractivity contribution in [2.45, 2.75) is 0 Å². The van der Waals surface area contributed by atoms with Gasteiger partial charge in [-0.1, -0.05) is 153 Å². The van der Waals surface area contributed by atoms with Crippen LogP contribution in [-0.2, 0) is 0 Å². The molecule has 0 saturated heterocycles. The lowest BCUT2D eigenvalue weighted by molar-refractivity contribution is 1.59. The highest BCUT2D eigenvalue weighted by molar-refractivity contribution is 9.10. The summed E-state index contributed by atoms with van der Waals surface area (Å²) in [5.41, 5.74) is 9.84. The normalized spacial score (nSPS) is 11.2. The van der Waals surface area contributed by atoms with Crippen LogP contribution in [0.3, 0.4) is 0 Å². The first kappa shape index (κ1) is 25.0. The van der Waals surface area contributed by atoms with Crippen LogP contribution in [0.15, 0.2) is 155 Å². The molecule has 0 radical (unpaired) electrons. The molecular weight excluding hydrogens is 616 g/mol. The summed E-state index contributed by atoms with van der Waals surface area (Å²) in [4.78, 5) is 0. The predicted molar refractivity (Wildman–Crippen MR) is 179 cm³/mol. The zero-order valence-corrected chi connectivity index (χ0v) is 24.8. The summed E-state index contributed by atoms with van der Waals surface area (Å²) in [7, 11) is 0. The van der Waals surface area contributed by atoms with E-state index < -0.39 is 0 Å². The smallest absolute Gasteiger partial charge is 0.0181 e. The maximum absolute atomic E-state index is 3.80. The first-order valence-corrected chi connectivity index (χ1v) is 14.9. The van der Waals surface area contributed by atoms with Crippen molar-refractivity contribution in [2.75, 3.05) is 0 Å². The minimum atomic E-state index is 1.07. The van der Waals surface area contributed by atoms with E-state index in [1.165, 1.54) is 66.1 Å². The van der Waals surface area contributed by atoms with E-state index in [-0.39, 0.29) is 0 Å². The molecule has 0 aliphatic carbocycles. The monoisotopic (exact) mass is 638 g/mol. The fraction of sp³-hybridized carbons (Fsp3) is 0. The van der Waals surface area contributed by atoms with Crippen molar-refractivity contribution in [3.63, 3.8) is 0 Å². The lowest BCUT2D eigenvalue weighted by Gasteiger charge is -2.21. The third-order valence-corrected chi connectivity index (χ3v) is 8.59. The molecule has 0 heterocycles. The van der Waals surface area contributed by atoms with Crippen LogP contribution in [0.2, 0.25) is 0 Å². The topological polar surface area (TPSA) is 0 Å². The molecule has 0 spiro atoms. The number of fused-ring (bicyclic) bond motifs is 2. The largest absolute Gasteiger partial charge is 0.0622 e. The molecule has 0 aromatic heterocycles. The third-order valence-electron chi connectivity index (χ3n) is 7.60. The highest BCUT2D eigenvalue weighted by Crippen LogP contribution is 2.48. The second-order valence-electron chi connectivity index (χ2n) is 9.95. The third kappa shape index (κ3) is 4.38. The van der Waals surface area contributed by atoms with Gasteiger partial charge in [-0.25, -0.2) is 0 Å². The summed E-state index contributed by atoms with van der Waals surface area (Å²) in [6.45, 7) is 0. The fourth-order valence-corrected chi connectivity index (χ4v) is 6.62. The average Bonchev–Trinajstić information content (AvgIpc) is 3.01. The first-order chi connectivity index (χ1) is 19.7. The van der Waals surface area contributed by atoms with Crippen LogP contribution in [-0.4, -0.2) is 0 Å². The molecule has 0 fully saturated rings. The van der Waals surface area contributed by atoms with E-state index in [0.29, 0.717) is 0 Å². The van der Waals surface area contributed by atoms with Gasteiger partial charge in [-0.05, 0) is 90.3 Å². The van der Waals surface area contributed by atoms with Crippen LogP contribution in [0.25, 0.3) is 66.1 Å². The number of halogens is 2. The number of rotatable bonds is 4. The van der Waals surface area contributed by atoms with Crippen molar-refractivity contribution >= 4 is 53.4 Å². The van der Waals surface area contributed by atoms with Crippen molar-refractivity contribution < 1.29 is 0 Å². The van der Waals surface area contributed by atoms with Gasteiger partial charge in [0.25, 0.3) is 0 Å². The Morgan fingerprint density at radius 2 is 0.650 bits per heavy atom. The highest BCUT2D eigenvalue weighted by Gasteiger charge is 2.21. The van der Waals surface area contributed by atoms with E-state index in [2.05, 4.69) is 177 Å². The van der Waals surface area contributed by atoms with Gasteiger partial charge in [0.05, 0.1) is 0 Å². The van der Waals surface area contributed by atoms with Gasteiger partial charge in [0.1, 0.15) is 0 Å². The summed E-state index contributed by atoms with van der Waals surface area (Å²) < 4.78 is 2.13. The van der Waals surface area contributed by atoms with Gasteiger partial charge in [0.15, 0.2) is 0 Å². The highest BCUT2D eigenvalue weighted by atomic mass is 79.9. The van der Waals surface area contributed by atoms with E-state index >= 15 is 0 Å². The number of benzene rings is 7. The Hall–Kier alpha value is -3.98. The van der Waals surface area contributed by atoms with Crippen molar-refractivity contribution in [1.82, 2.24) is 0 Å². The maximum atomic E-state index is 3.80. The minimum absolute atomic E-state index is 1.07. The van der Waals surface area contributed by atoms with Crippen molar-refractivity contribution in [1.29, 1.82) is 0 Å². The van der Waals surface area contributed by atoms with E-state index in [1.54, 1.807) is 0 Å². The molecule has 0 bridgehead atoms. The first-order valence-electron chi connectivity index (χ1n) is 13.3. The molecule has 0 nitrogen and oxygen atoms in total. The van der Waals surface area contributed by atoms with Gasteiger partial charge in [0, 0.05) is 8.95 Å². The lowest BCUT2D eigenvalue weighted by atomic mass is 9.82. The Balaban J connectivity index is 1.65. The summed E-state index contributed by atoms with van der Waals surface area (Å²) in [6.07, 6.45) is 0. The van der Waals surface area contributed by atoms with Crippen LogP contribution in [0.5, 0.6) is 0 Å². The molecule has 0 aliphatic heterocycles. The second kappa shape index (κ2) is 10.5. The quantitative estimate of drug-likeness (QED) is 0.168. The van der Waals surface area contributed by atoms with Crippen LogP contribution in [0.1, 0.15) is 0 Å². The standard InChI is InChI=1S/C38H24Br2/c39-27-20-22-34-35(23-27)37(31-17-9-7-15-29(31)25-11-3-1-4-12-25)33-21-19-28(40)24-36(33)38(34)32-18-10-8-16-30(32)26-13-5-2-6-14-26/h1-24H. The van der Waals surface area contributed by atoms with Crippen LogP contribution in [0.4, 0.5) is 0 Å². The van der Waals surface area contributed by atoms with Crippen molar-refractivity contribution in [2.24, 2.45) is 0 Å². The van der Waals surface area contributed by atoms with Gasteiger partial charge < -0.3 is 0 Å². The molecule has 2 heteroatoms. The fourth-order valence-electron chi connectivity index (χ4n) is 5.89. The predicted octanol–water partition coefficient (Wildman–Crippen LogP) is 12.2. The lowest BCUT2D eigenvalue weighted by Crippen LogP contribution is -1.94. The molecule has 7 aromatic carbocycles. The maximum Gasteiger partial charge on any atom is 0.0181 e. The van der Waals surface area contributed by atoms with Crippen LogP contribution in [0, 0.1) is 0 Å². The molecule has 7 rings (SSSR count). The molecule has 0 saturated carbocycles. The Kier molecular flexibility index (Phi) is 6.59. The SMILES string of the molecule is Brc1ccc2c(-c3ccccc3-c3ccccc3)c3cc(Br)ccc3c(-c3ccccc3-c3ccccc3)c2c1. The molecule has 0 amide bonds. The van der Waals surface area contributed by atoms with Gasteiger partial charge >= 0.3 is 0 Å². The number of hydrogen-bond donors (Lipinski definition) is 0. The Labute approximate surface area is 251 Å². The van der Waals surface area contributed by atoms with Gasteiger partial charge in [-0.15, -0.1) is 0 Å². The van der Waals surface area contributed by atoms with Gasteiger partial charge in [-0.2, -0.15) is 0 Å². The van der Waals surface area contributed by atoms with Gasteiger partial charge in [0.2, 0.25) is 0 Å². The minimum Gasteiger partial charge on any atom is -0.0622 e. The Morgan fingerprint density at radius 1 is 0.300 bits per heavy atom. The molecule has 0 unspecified atom stereocenters. The molecule has 0 aliphatic rings. The molecule has 7 aromatic rings. The zero-order valence-electron chi connectivity index (χ0n) is 21.6. The molecular formula is C38H24Br2. The van der Waals surface area contributed by atoms with E-state index in [9.17, 15) is 0 Å². The second-order valence-corrected chi connectivity index (χ2v) is 11.8. The summed E-state index contributed by atoms with van der Waals surface area (Å²) in [5.74, 6) is 0. The Morgan fingerprint density at radius 3 is 1.05 bits per heavy atom. The van der Waals surface area contributed by atoms with Crippen molar-refractivity contribution in [3.8, 4) is 44.5 Å². The summed E-state index contributed by atoms with van der Waals surface area (Å²) in [6, 6.07) is 52.3. The average molecular weight is 640 g/mol. The van der Waals surface area contributed by atoms with E-state index in [1.807, 2.05) is 0 Å². The molecule has 0 atom stereocenters. The summed E-state index contributed by atoms with van der Waals surface area (Å²) in [5, 5.41) is 4.92. The van der Waals surface area contributed by atoms with E-state index in [0.717, 1.165) is 8.95 Å². The van der Waals surface area contributed by atoms with Crippen LogP contribution >= 0.6 is 31.9 Å². The summed E-state index contributed by atoms with van der Waals surface area (Å²) >= 11 is 7.61.